The standard InChI is InChI=1S/C20H36N2O2/c1-5-7-13-22(14-8-6-2)15-9-12-21-17-18-10-11-19(23-3)16-20(18)24-4/h10-11,16,21H,5-9,12-15,17H2,1-4H3. The van der Waals surface area contributed by atoms with Crippen LogP contribution in [0, 0.1) is 0 Å². The van der Waals surface area contributed by atoms with E-state index < -0.39 is 0 Å². The average Bonchev–Trinajstić information content (AvgIpc) is 2.62. The molecule has 0 amide bonds. The third kappa shape index (κ3) is 8.02. The Kier molecular flexibility index (Phi) is 11.3. The van der Waals surface area contributed by atoms with Crippen LogP contribution in [0.4, 0.5) is 0 Å². The second-order valence-corrected chi connectivity index (χ2v) is 6.26. The molecule has 0 aliphatic carbocycles. The number of benzene rings is 1. The minimum absolute atomic E-state index is 0.830. The molecule has 1 N–H and O–H groups in total. The summed E-state index contributed by atoms with van der Waals surface area (Å²) in [5, 5.41) is 3.53. The number of hydrogen-bond acceptors (Lipinski definition) is 4. The minimum Gasteiger partial charge on any atom is -0.497 e. The van der Waals surface area contributed by atoms with Gasteiger partial charge in [0, 0.05) is 18.2 Å². The van der Waals surface area contributed by atoms with E-state index in [0.29, 0.717) is 0 Å². The number of hydrogen-bond donors (Lipinski definition) is 1. The summed E-state index contributed by atoms with van der Waals surface area (Å²) in [5.74, 6) is 1.72. The summed E-state index contributed by atoms with van der Waals surface area (Å²) in [6.07, 6.45) is 6.35. The smallest absolute Gasteiger partial charge is 0.127 e. The molecule has 0 saturated carbocycles. The Morgan fingerprint density at radius 1 is 0.917 bits per heavy atom. The number of nitrogens with one attached hydrogen (secondary N) is 1. The van der Waals surface area contributed by atoms with E-state index in [0.717, 1.165) is 24.6 Å². The van der Waals surface area contributed by atoms with Crippen LogP contribution in [-0.2, 0) is 6.54 Å². The lowest BCUT2D eigenvalue weighted by molar-refractivity contribution is 0.261. The molecule has 24 heavy (non-hydrogen) atoms. The molecule has 4 nitrogen and oxygen atoms in total. The van der Waals surface area contributed by atoms with Gasteiger partial charge in [-0.05, 0) is 51.5 Å². The van der Waals surface area contributed by atoms with Crippen molar-refractivity contribution in [3.8, 4) is 11.5 Å². The van der Waals surface area contributed by atoms with Gasteiger partial charge in [0.2, 0.25) is 0 Å². The molecule has 1 aromatic rings. The van der Waals surface area contributed by atoms with Crippen molar-refractivity contribution in [1.82, 2.24) is 10.2 Å². The fourth-order valence-electron chi connectivity index (χ4n) is 2.75. The summed E-state index contributed by atoms with van der Waals surface area (Å²) in [6.45, 7) is 10.1. The van der Waals surface area contributed by atoms with E-state index in [1.807, 2.05) is 12.1 Å². The average molecular weight is 337 g/mol. The van der Waals surface area contributed by atoms with Gasteiger partial charge in [-0.1, -0.05) is 32.8 Å². The highest BCUT2D eigenvalue weighted by Crippen LogP contribution is 2.24. The molecular weight excluding hydrogens is 300 g/mol. The predicted molar refractivity (Wildman–Crippen MR) is 102 cm³/mol. The fourth-order valence-corrected chi connectivity index (χ4v) is 2.75. The molecule has 1 rings (SSSR count). The van der Waals surface area contributed by atoms with Crippen LogP contribution in [0.15, 0.2) is 18.2 Å². The van der Waals surface area contributed by atoms with E-state index in [1.165, 1.54) is 57.3 Å². The van der Waals surface area contributed by atoms with Gasteiger partial charge in [-0.2, -0.15) is 0 Å². The van der Waals surface area contributed by atoms with Crippen LogP contribution in [-0.4, -0.2) is 45.3 Å². The SMILES string of the molecule is CCCCN(CCCC)CCCNCc1ccc(OC)cc1OC. The maximum atomic E-state index is 5.44. The van der Waals surface area contributed by atoms with Crippen molar-refractivity contribution >= 4 is 0 Å². The van der Waals surface area contributed by atoms with Crippen molar-refractivity contribution in [3.63, 3.8) is 0 Å². The summed E-state index contributed by atoms with van der Waals surface area (Å²) >= 11 is 0. The Morgan fingerprint density at radius 3 is 2.17 bits per heavy atom. The molecule has 0 saturated heterocycles. The highest BCUT2D eigenvalue weighted by Gasteiger charge is 2.06. The summed E-state index contributed by atoms with van der Waals surface area (Å²) in [4.78, 5) is 2.61. The Labute approximate surface area is 148 Å². The maximum Gasteiger partial charge on any atom is 0.127 e. The number of unbranched alkanes of at least 4 members (excludes halogenated alkanes) is 2. The van der Waals surface area contributed by atoms with Crippen LogP contribution in [0.1, 0.15) is 51.5 Å². The lowest BCUT2D eigenvalue weighted by Gasteiger charge is -2.22. The summed E-state index contributed by atoms with van der Waals surface area (Å²) < 4.78 is 10.7. The number of methoxy groups -OCH3 is 2. The highest BCUT2D eigenvalue weighted by atomic mass is 16.5. The molecule has 0 radical (unpaired) electrons. The van der Waals surface area contributed by atoms with Gasteiger partial charge in [0.05, 0.1) is 14.2 Å². The lowest BCUT2D eigenvalue weighted by atomic mass is 10.2. The van der Waals surface area contributed by atoms with Crippen molar-refractivity contribution in [2.45, 2.75) is 52.5 Å². The zero-order valence-electron chi connectivity index (χ0n) is 16.1. The third-order valence-electron chi connectivity index (χ3n) is 4.29. The van der Waals surface area contributed by atoms with Crippen molar-refractivity contribution in [3.05, 3.63) is 23.8 Å². The first-order chi connectivity index (χ1) is 11.7. The minimum atomic E-state index is 0.830. The monoisotopic (exact) mass is 336 g/mol. The topological polar surface area (TPSA) is 33.7 Å². The summed E-state index contributed by atoms with van der Waals surface area (Å²) in [7, 11) is 3.38. The van der Waals surface area contributed by atoms with Gasteiger partial charge in [0.15, 0.2) is 0 Å². The van der Waals surface area contributed by atoms with Gasteiger partial charge >= 0.3 is 0 Å². The molecule has 0 atom stereocenters. The molecule has 0 spiro atoms. The Hall–Kier alpha value is -1.26. The van der Waals surface area contributed by atoms with Crippen molar-refractivity contribution in [1.29, 1.82) is 0 Å². The quantitative estimate of drug-likeness (QED) is 0.519. The maximum absolute atomic E-state index is 5.44. The van der Waals surface area contributed by atoms with Crippen LogP contribution >= 0.6 is 0 Å². The molecule has 0 unspecified atom stereocenters. The van der Waals surface area contributed by atoms with Crippen LogP contribution in [0.3, 0.4) is 0 Å². The molecule has 0 bridgehead atoms. The van der Waals surface area contributed by atoms with Gasteiger partial charge in [0.25, 0.3) is 0 Å². The first-order valence-corrected chi connectivity index (χ1v) is 9.39. The molecule has 4 heteroatoms. The van der Waals surface area contributed by atoms with Gasteiger partial charge in [-0.3, -0.25) is 0 Å². The fraction of sp³-hybridized carbons (Fsp3) is 0.700. The normalized spacial score (nSPS) is 11.0. The Morgan fingerprint density at radius 2 is 1.58 bits per heavy atom. The van der Waals surface area contributed by atoms with E-state index in [4.69, 9.17) is 9.47 Å². The molecule has 0 fully saturated rings. The lowest BCUT2D eigenvalue weighted by Crippen LogP contribution is -2.29. The molecule has 138 valence electrons. The second kappa shape index (κ2) is 13.1. The van der Waals surface area contributed by atoms with Gasteiger partial charge in [-0.25, -0.2) is 0 Å². The molecule has 0 heterocycles. The van der Waals surface area contributed by atoms with Crippen molar-refractivity contribution in [2.24, 2.45) is 0 Å². The van der Waals surface area contributed by atoms with E-state index in [2.05, 4.69) is 30.1 Å². The van der Waals surface area contributed by atoms with Gasteiger partial charge in [-0.15, -0.1) is 0 Å². The van der Waals surface area contributed by atoms with E-state index in [-0.39, 0.29) is 0 Å². The third-order valence-corrected chi connectivity index (χ3v) is 4.29. The van der Waals surface area contributed by atoms with Gasteiger partial charge < -0.3 is 19.7 Å². The molecule has 0 aliphatic heterocycles. The predicted octanol–water partition coefficient (Wildman–Crippen LogP) is 4.09. The van der Waals surface area contributed by atoms with Crippen LogP contribution in [0.5, 0.6) is 11.5 Å². The van der Waals surface area contributed by atoms with E-state index in [1.54, 1.807) is 14.2 Å². The summed E-state index contributed by atoms with van der Waals surface area (Å²) in [5.41, 5.74) is 1.17. The Bertz CT molecular complexity index is 430. The van der Waals surface area contributed by atoms with E-state index >= 15 is 0 Å². The number of nitrogens with zero attached hydrogens (tertiary/aromatic N) is 1. The number of ether oxygens (including phenoxy) is 2. The zero-order valence-corrected chi connectivity index (χ0v) is 16.1. The largest absolute Gasteiger partial charge is 0.497 e. The van der Waals surface area contributed by atoms with Crippen molar-refractivity contribution in [2.75, 3.05) is 40.4 Å². The van der Waals surface area contributed by atoms with Crippen LogP contribution < -0.4 is 14.8 Å². The van der Waals surface area contributed by atoms with Crippen LogP contribution in [0.2, 0.25) is 0 Å². The van der Waals surface area contributed by atoms with Gasteiger partial charge in [0.1, 0.15) is 11.5 Å². The summed E-state index contributed by atoms with van der Waals surface area (Å²) in [6, 6.07) is 5.99. The highest BCUT2D eigenvalue weighted by molar-refractivity contribution is 5.40. The van der Waals surface area contributed by atoms with Crippen LogP contribution in [0.25, 0.3) is 0 Å². The Balaban J connectivity index is 2.31. The van der Waals surface area contributed by atoms with Crippen molar-refractivity contribution < 1.29 is 9.47 Å². The molecule has 1 aromatic carbocycles. The molecule has 0 aliphatic rings. The first kappa shape index (κ1) is 20.8. The molecule has 0 aromatic heterocycles. The number of rotatable bonds is 14. The second-order valence-electron chi connectivity index (χ2n) is 6.26. The molecular formula is C20H36N2O2. The first-order valence-electron chi connectivity index (χ1n) is 9.39. The zero-order chi connectivity index (χ0) is 17.6. The van der Waals surface area contributed by atoms with E-state index in [9.17, 15) is 0 Å².